The third-order valence-electron chi connectivity index (χ3n) is 2.83. The highest BCUT2D eigenvalue weighted by Gasteiger charge is 2.24. The third-order valence-corrected chi connectivity index (χ3v) is 4.65. The molecular weight excluding hydrogens is 224 g/mol. The minimum atomic E-state index is -2.85. The SMILES string of the molecule is Cc1ncccc1N[C@H]1CCCS(=O)(=O)C1. The van der Waals surface area contributed by atoms with Crippen LogP contribution in [-0.4, -0.2) is 30.9 Å². The molecule has 1 aliphatic heterocycles. The lowest BCUT2D eigenvalue weighted by molar-refractivity contribution is 0.562. The number of hydrogen-bond donors (Lipinski definition) is 1. The van der Waals surface area contributed by atoms with E-state index in [0.717, 1.165) is 24.2 Å². The van der Waals surface area contributed by atoms with Gasteiger partial charge in [0.15, 0.2) is 9.84 Å². The van der Waals surface area contributed by atoms with Crippen molar-refractivity contribution in [1.82, 2.24) is 4.98 Å². The predicted molar refractivity (Wildman–Crippen MR) is 64.3 cm³/mol. The normalized spacial score (nSPS) is 23.9. The molecular formula is C11H16N2O2S. The molecule has 4 nitrogen and oxygen atoms in total. The van der Waals surface area contributed by atoms with Gasteiger partial charge in [-0.2, -0.15) is 0 Å². The Morgan fingerprint density at radius 3 is 3.00 bits per heavy atom. The summed E-state index contributed by atoms with van der Waals surface area (Å²) >= 11 is 0. The van der Waals surface area contributed by atoms with Crippen LogP contribution in [0.5, 0.6) is 0 Å². The number of nitrogens with zero attached hydrogens (tertiary/aromatic N) is 1. The Morgan fingerprint density at radius 2 is 2.31 bits per heavy atom. The van der Waals surface area contributed by atoms with Gasteiger partial charge in [-0.05, 0) is 31.9 Å². The van der Waals surface area contributed by atoms with E-state index in [0.29, 0.717) is 5.75 Å². The molecule has 0 saturated carbocycles. The molecule has 0 spiro atoms. The summed E-state index contributed by atoms with van der Waals surface area (Å²) < 4.78 is 23.0. The lowest BCUT2D eigenvalue weighted by Crippen LogP contribution is -2.35. The van der Waals surface area contributed by atoms with Crippen molar-refractivity contribution in [2.24, 2.45) is 0 Å². The van der Waals surface area contributed by atoms with Gasteiger partial charge in [-0.3, -0.25) is 4.98 Å². The van der Waals surface area contributed by atoms with E-state index >= 15 is 0 Å². The van der Waals surface area contributed by atoms with E-state index in [1.54, 1.807) is 6.20 Å². The molecule has 0 aromatic carbocycles. The van der Waals surface area contributed by atoms with Gasteiger partial charge >= 0.3 is 0 Å². The van der Waals surface area contributed by atoms with Gasteiger partial charge in [0.2, 0.25) is 0 Å². The smallest absolute Gasteiger partial charge is 0.152 e. The number of anilines is 1. The maximum absolute atomic E-state index is 11.5. The van der Waals surface area contributed by atoms with Gasteiger partial charge in [-0.1, -0.05) is 0 Å². The van der Waals surface area contributed by atoms with E-state index in [1.807, 2.05) is 19.1 Å². The van der Waals surface area contributed by atoms with Crippen LogP contribution >= 0.6 is 0 Å². The van der Waals surface area contributed by atoms with Crippen LogP contribution in [0.4, 0.5) is 5.69 Å². The van der Waals surface area contributed by atoms with Gasteiger partial charge in [0, 0.05) is 12.2 Å². The van der Waals surface area contributed by atoms with Crippen molar-refractivity contribution in [3.8, 4) is 0 Å². The Labute approximate surface area is 96.0 Å². The summed E-state index contributed by atoms with van der Waals surface area (Å²) in [5, 5.41) is 3.26. The molecule has 1 aromatic heterocycles. The van der Waals surface area contributed by atoms with E-state index in [-0.39, 0.29) is 11.8 Å². The van der Waals surface area contributed by atoms with E-state index in [4.69, 9.17) is 0 Å². The summed E-state index contributed by atoms with van der Waals surface area (Å²) in [4.78, 5) is 4.17. The number of aryl methyl sites for hydroxylation is 1. The Morgan fingerprint density at radius 1 is 1.50 bits per heavy atom. The molecule has 1 N–H and O–H groups in total. The van der Waals surface area contributed by atoms with Crippen LogP contribution in [0.1, 0.15) is 18.5 Å². The molecule has 0 amide bonds. The van der Waals surface area contributed by atoms with Crippen molar-refractivity contribution in [2.75, 3.05) is 16.8 Å². The standard InChI is InChI=1S/C11H16N2O2S/c1-9-11(5-2-6-12-9)13-10-4-3-7-16(14,15)8-10/h2,5-6,10,13H,3-4,7-8H2,1H3/t10-/m0/s1. The van der Waals surface area contributed by atoms with E-state index in [9.17, 15) is 8.42 Å². The molecule has 1 aliphatic rings. The van der Waals surface area contributed by atoms with E-state index < -0.39 is 9.84 Å². The van der Waals surface area contributed by atoms with Gasteiger partial charge in [0.1, 0.15) is 0 Å². The molecule has 0 unspecified atom stereocenters. The Bertz CT molecular complexity index is 471. The predicted octanol–water partition coefficient (Wildman–Crippen LogP) is 1.38. The minimum Gasteiger partial charge on any atom is -0.380 e. The van der Waals surface area contributed by atoms with Gasteiger partial charge < -0.3 is 5.32 Å². The summed E-state index contributed by atoms with van der Waals surface area (Å²) in [6.45, 7) is 1.92. The van der Waals surface area contributed by atoms with Crippen LogP contribution in [0.25, 0.3) is 0 Å². The van der Waals surface area contributed by atoms with Gasteiger partial charge in [-0.25, -0.2) is 8.42 Å². The molecule has 0 bridgehead atoms. The Kier molecular flexibility index (Phi) is 3.14. The molecule has 5 heteroatoms. The molecule has 88 valence electrons. The number of pyridine rings is 1. The third kappa shape index (κ3) is 2.72. The monoisotopic (exact) mass is 240 g/mol. The van der Waals surface area contributed by atoms with Crippen LogP contribution in [0.3, 0.4) is 0 Å². The first-order valence-electron chi connectivity index (χ1n) is 5.45. The second-order valence-corrected chi connectivity index (χ2v) is 6.46. The summed E-state index contributed by atoms with van der Waals surface area (Å²) in [5.41, 5.74) is 1.84. The summed E-state index contributed by atoms with van der Waals surface area (Å²) in [6, 6.07) is 3.82. The molecule has 1 aromatic rings. The number of aromatic nitrogens is 1. The molecule has 16 heavy (non-hydrogen) atoms. The van der Waals surface area contributed by atoms with Gasteiger partial charge in [-0.15, -0.1) is 0 Å². The first-order chi connectivity index (χ1) is 7.57. The highest BCUT2D eigenvalue weighted by Crippen LogP contribution is 2.18. The van der Waals surface area contributed by atoms with Gasteiger partial charge in [0.05, 0.1) is 22.9 Å². The molecule has 0 radical (unpaired) electrons. The van der Waals surface area contributed by atoms with E-state index in [2.05, 4.69) is 10.3 Å². The zero-order chi connectivity index (χ0) is 11.6. The van der Waals surface area contributed by atoms with Crippen LogP contribution in [0.2, 0.25) is 0 Å². The number of hydrogen-bond acceptors (Lipinski definition) is 4. The van der Waals surface area contributed by atoms with Crippen molar-refractivity contribution in [3.63, 3.8) is 0 Å². The lowest BCUT2D eigenvalue weighted by atomic mass is 10.1. The highest BCUT2D eigenvalue weighted by atomic mass is 32.2. The molecule has 1 saturated heterocycles. The van der Waals surface area contributed by atoms with Gasteiger partial charge in [0.25, 0.3) is 0 Å². The maximum atomic E-state index is 11.5. The fraction of sp³-hybridized carbons (Fsp3) is 0.545. The average Bonchev–Trinajstić information content (AvgIpc) is 2.20. The van der Waals surface area contributed by atoms with E-state index in [1.165, 1.54) is 0 Å². The summed E-state index contributed by atoms with van der Waals surface area (Å²) in [6.07, 6.45) is 3.39. The minimum absolute atomic E-state index is 0.0293. The molecule has 1 atom stereocenters. The summed E-state index contributed by atoms with van der Waals surface area (Å²) in [7, 11) is -2.85. The van der Waals surface area contributed by atoms with Crippen LogP contribution in [0, 0.1) is 6.92 Å². The molecule has 0 aliphatic carbocycles. The fourth-order valence-electron chi connectivity index (χ4n) is 1.99. The summed E-state index contributed by atoms with van der Waals surface area (Å²) in [5.74, 6) is 0.568. The topological polar surface area (TPSA) is 59.1 Å². The fourth-order valence-corrected chi connectivity index (χ4v) is 3.63. The second-order valence-electron chi connectivity index (χ2n) is 4.23. The van der Waals surface area contributed by atoms with Crippen LogP contribution in [0.15, 0.2) is 18.3 Å². The largest absolute Gasteiger partial charge is 0.380 e. The quantitative estimate of drug-likeness (QED) is 0.848. The first kappa shape index (κ1) is 11.4. The van der Waals surface area contributed by atoms with Crippen LogP contribution in [-0.2, 0) is 9.84 Å². The number of rotatable bonds is 2. The molecule has 1 fully saturated rings. The lowest BCUT2D eigenvalue weighted by Gasteiger charge is -2.24. The second kappa shape index (κ2) is 4.41. The van der Waals surface area contributed by atoms with Crippen molar-refractivity contribution in [2.45, 2.75) is 25.8 Å². The van der Waals surface area contributed by atoms with Crippen LogP contribution < -0.4 is 5.32 Å². The Hall–Kier alpha value is -1.10. The zero-order valence-corrected chi connectivity index (χ0v) is 10.1. The number of nitrogens with one attached hydrogen (secondary N) is 1. The highest BCUT2D eigenvalue weighted by molar-refractivity contribution is 7.91. The molecule has 2 rings (SSSR count). The zero-order valence-electron chi connectivity index (χ0n) is 9.31. The van der Waals surface area contributed by atoms with Crippen molar-refractivity contribution < 1.29 is 8.42 Å². The number of sulfone groups is 1. The average molecular weight is 240 g/mol. The van der Waals surface area contributed by atoms with Crippen molar-refractivity contribution >= 4 is 15.5 Å². The van der Waals surface area contributed by atoms with Crippen molar-refractivity contribution in [1.29, 1.82) is 0 Å². The maximum Gasteiger partial charge on any atom is 0.152 e. The Balaban J connectivity index is 2.08. The van der Waals surface area contributed by atoms with Crippen molar-refractivity contribution in [3.05, 3.63) is 24.0 Å². The first-order valence-corrected chi connectivity index (χ1v) is 7.27. The molecule has 2 heterocycles.